The number of aryl methyl sites for hydroxylation is 1. The molecule has 1 amide bonds. The minimum Gasteiger partial charge on any atom is -0.496 e. The maximum atomic E-state index is 14.2. The van der Waals surface area contributed by atoms with Crippen molar-refractivity contribution in [2.45, 2.75) is 65.0 Å². The molecule has 0 unspecified atom stereocenters. The van der Waals surface area contributed by atoms with E-state index in [1.807, 2.05) is 24.3 Å². The quantitative estimate of drug-likeness (QED) is 0.319. The lowest BCUT2D eigenvalue weighted by Gasteiger charge is -2.37. The molecule has 1 fully saturated rings. The molecule has 4 heteroatoms. The zero-order valence-electron chi connectivity index (χ0n) is 22.1. The molecule has 37 heavy (non-hydrogen) atoms. The fourth-order valence-corrected chi connectivity index (χ4v) is 6.24. The molecule has 1 saturated carbocycles. The third-order valence-electron chi connectivity index (χ3n) is 8.25. The van der Waals surface area contributed by atoms with E-state index in [9.17, 15) is 4.79 Å². The van der Waals surface area contributed by atoms with Crippen LogP contribution in [0.15, 0.2) is 72.3 Å². The Balaban J connectivity index is 1.49. The highest BCUT2D eigenvalue weighted by Gasteiger charge is 2.34. The average Bonchev–Trinajstić information content (AvgIpc) is 3.28. The second-order valence-electron chi connectivity index (χ2n) is 10.5. The number of fused-ring (bicyclic) bond motifs is 1. The van der Waals surface area contributed by atoms with E-state index in [2.05, 4.69) is 61.2 Å². The van der Waals surface area contributed by atoms with Crippen molar-refractivity contribution in [3.8, 4) is 16.9 Å². The minimum absolute atomic E-state index is 0.0592. The number of benzene rings is 3. The molecule has 3 aromatic carbocycles. The Morgan fingerprint density at radius 2 is 1.68 bits per heavy atom. The standard InChI is InChI=1S/C33H36ClNO2/c1-4-23-11-16-28(17-12-23)35(33(36)30-20-26-7-5-6-8-29(26)32(30)34)21-27-19-25(15-18-31(27)37-3)24-13-9-22(2)10-14-24/h5-10,13-15,18-19,23,28H,4,11-12,16-17,20-21H2,1-3H3. The van der Waals surface area contributed by atoms with Crippen molar-refractivity contribution in [3.63, 3.8) is 0 Å². The number of ether oxygens (including phenoxy) is 1. The van der Waals surface area contributed by atoms with Crippen LogP contribution in [0.25, 0.3) is 16.2 Å². The second kappa shape index (κ2) is 11.1. The molecule has 3 aromatic rings. The lowest BCUT2D eigenvalue weighted by Crippen LogP contribution is -2.42. The van der Waals surface area contributed by atoms with E-state index in [0.29, 0.717) is 23.6 Å². The number of methoxy groups -OCH3 is 1. The van der Waals surface area contributed by atoms with Gasteiger partial charge in [-0.25, -0.2) is 0 Å². The Kier molecular flexibility index (Phi) is 7.71. The number of rotatable bonds is 7. The van der Waals surface area contributed by atoms with Gasteiger partial charge in [0.1, 0.15) is 5.75 Å². The van der Waals surface area contributed by atoms with Gasteiger partial charge in [0.05, 0.1) is 12.1 Å². The summed E-state index contributed by atoms with van der Waals surface area (Å²) in [5.41, 5.74) is 7.38. The number of carbonyl (C=O) groups is 1. The van der Waals surface area contributed by atoms with Gasteiger partial charge in [-0.15, -0.1) is 0 Å². The van der Waals surface area contributed by atoms with Gasteiger partial charge in [0.15, 0.2) is 0 Å². The third kappa shape index (κ3) is 5.33. The van der Waals surface area contributed by atoms with Crippen LogP contribution in [0.1, 0.15) is 61.3 Å². The molecule has 0 atom stereocenters. The third-order valence-corrected chi connectivity index (χ3v) is 8.68. The molecule has 0 bridgehead atoms. The Labute approximate surface area is 226 Å². The van der Waals surface area contributed by atoms with Crippen LogP contribution in [0.2, 0.25) is 0 Å². The monoisotopic (exact) mass is 513 g/mol. The van der Waals surface area contributed by atoms with E-state index in [1.54, 1.807) is 7.11 Å². The first-order valence-corrected chi connectivity index (χ1v) is 13.9. The van der Waals surface area contributed by atoms with Crippen LogP contribution in [0.4, 0.5) is 0 Å². The molecule has 0 radical (unpaired) electrons. The molecular formula is C33H36ClNO2. The number of hydrogen-bond acceptors (Lipinski definition) is 2. The van der Waals surface area contributed by atoms with Gasteiger partial charge in [0, 0.05) is 30.1 Å². The molecular weight excluding hydrogens is 478 g/mol. The molecule has 0 saturated heterocycles. The van der Waals surface area contributed by atoms with E-state index in [1.165, 1.54) is 24.8 Å². The van der Waals surface area contributed by atoms with Crippen molar-refractivity contribution < 1.29 is 9.53 Å². The number of carbonyl (C=O) groups excluding carboxylic acids is 1. The molecule has 0 heterocycles. The van der Waals surface area contributed by atoms with E-state index in [-0.39, 0.29) is 11.9 Å². The van der Waals surface area contributed by atoms with Gasteiger partial charge >= 0.3 is 0 Å². The van der Waals surface area contributed by atoms with Crippen molar-refractivity contribution >= 4 is 22.5 Å². The van der Waals surface area contributed by atoms with Crippen molar-refractivity contribution in [1.29, 1.82) is 0 Å². The van der Waals surface area contributed by atoms with Crippen LogP contribution in [0.3, 0.4) is 0 Å². The summed E-state index contributed by atoms with van der Waals surface area (Å²) >= 11 is 6.82. The first kappa shape index (κ1) is 25.6. The van der Waals surface area contributed by atoms with Gasteiger partial charge in [-0.05, 0) is 72.9 Å². The zero-order valence-corrected chi connectivity index (χ0v) is 22.9. The molecule has 0 N–H and O–H groups in total. The summed E-state index contributed by atoms with van der Waals surface area (Å²) in [6, 6.07) is 23.2. The zero-order chi connectivity index (χ0) is 25.9. The highest BCUT2D eigenvalue weighted by atomic mass is 35.5. The van der Waals surface area contributed by atoms with Crippen LogP contribution in [-0.4, -0.2) is 24.0 Å². The predicted octanol–water partition coefficient (Wildman–Crippen LogP) is 8.17. The highest BCUT2D eigenvalue weighted by molar-refractivity contribution is 6.51. The van der Waals surface area contributed by atoms with E-state index >= 15 is 0 Å². The largest absolute Gasteiger partial charge is 0.496 e. The van der Waals surface area contributed by atoms with Crippen molar-refractivity contribution in [1.82, 2.24) is 4.90 Å². The second-order valence-corrected chi connectivity index (χ2v) is 10.9. The minimum atomic E-state index is 0.0592. The lowest BCUT2D eigenvalue weighted by molar-refractivity contribution is -0.131. The summed E-state index contributed by atoms with van der Waals surface area (Å²) in [4.78, 5) is 16.3. The Morgan fingerprint density at radius 1 is 0.973 bits per heavy atom. The van der Waals surface area contributed by atoms with E-state index < -0.39 is 0 Å². The summed E-state index contributed by atoms with van der Waals surface area (Å²) in [6.07, 6.45) is 6.19. The Hall–Kier alpha value is -3.04. The van der Waals surface area contributed by atoms with Crippen molar-refractivity contribution in [2.24, 2.45) is 5.92 Å². The maximum absolute atomic E-state index is 14.2. The Morgan fingerprint density at radius 3 is 2.35 bits per heavy atom. The van der Waals surface area contributed by atoms with Gasteiger partial charge in [-0.1, -0.05) is 85.1 Å². The van der Waals surface area contributed by atoms with E-state index in [0.717, 1.165) is 52.3 Å². The smallest absolute Gasteiger partial charge is 0.252 e. The summed E-state index contributed by atoms with van der Waals surface area (Å²) in [5.74, 6) is 1.63. The molecule has 0 aromatic heterocycles. The van der Waals surface area contributed by atoms with E-state index in [4.69, 9.17) is 16.3 Å². The normalized spacial score (nSPS) is 19.0. The van der Waals surface area contributed by atoms with Gasteiger partial charge in [0.2, 0.25) is 0 Å². The maximum Gasteiger partial charge on any atom is 0.252 e. The van der Waals surface area contributed by atoms with Crippen LogP contribution in [-0.2, 0) is 17.8 Å². The van der Waals surface area contributed by atoms with Crippen molar-refractivity contribution in [2.75, 3.05) is 7.11 Å². The Bertz CT molecular complexity index is 1300. The molecule has 5 rings (SSSR count). The molecule has 0 aliphatic heterocycles. The summed E-state index contributed by atoms with van der Waals surface area (Å²) in [7, 11) is 1.70. The topological polar surface area (TPSA) is 29.5 Å². The number of hydrogen-bond donors (Lipinski definition) is 0. The number of nitrogens with zero attached hydrogens (tertiary/aromatic N) is 1. The first-order valence-electron chi connectivity index (χ1n) is 13.5. The lowest BCUT2D eigenvalue weighted by atomic mass is 9.83. The van der Waals surface area contributed by atoms with Gasteiger partial charge in [-0.3, -0.25) is 4.79 Å². The fourth-order valence-electron chi connectivity index (χ4n) is 5.90. The van der Waals surface area contributed by atoms with Crippen LogP contribution < -0.4 is 4.74 Å². The van der Waals surface area contributed by atoms with Crippen molar-refractivity contribution in [3.05, 3.63) is 94.6 Å². The van der Waals surface area contributed by atoms with Gasteiger partial charge in [-0.2, -0.15) is 0 Å². The highest BCUT2D eigenvalue weighted by Crippen LogP contribution is 2.39. The first-order chi connectivity index (χ1) is 18.0. The van der Waals surface area contributed by atoms with Gasteiger partial charge < -0.3 is 9.64 Å². The summed E-state index contributed by atoms with van der Waals surface area (Å²) in [6.45, 7) is 4.88. The van der Waals surface area contributed by atoms with Crippen LogP contribution in [0, 0.1) is 12.8 Å². The van der Waals surface area contributed by atoms with Crippen LogP contribution in [0.5, 0.6) is 5.75 Å². The fraction of sp³-hybridized carbons (Fsp3) is 0.364. The predicted molar refractivity (Wildman–Crippen MR) is 153 cm³/mol. The molecule has 0 spiro atoms. The number of halogens is 1. The van der Waals surface area contributed by atoms with Crippen LogP contribution >= 0.6 is 11.6 Å². The molecule has 2 aliphatic rings. The average molecular weight is 514 g/mol. The van der Waals surface area contributed by atoms with Gasteiger partial charge in [0.25, 0.3) is 5.91 Å². The SMILES string of the molecule is CCC1CCC(N(Cc2cc(-c3ccc(C)cc3)ccc2OC)C(=O)C2=C(Cl)c3ccccc3C2)CC1. The molecule has 2 aliphatic carbocycles. The summed E-state index contributed by atoms with van der Waals surface area (Å²) < 4.78 is 5.78. The number of amides is 1. The molecule has 192 valence electrons. The molecule has 3 nitrogen and oxygen atoms in total. The summed E-state index contributed by atoms with van der Waals surface area (Å²) in [5, 5.41) is 0.605.